The Bertz CT molecular complexity index is 556. The summed E-state index contributed by atoms with van der Waals surface area (Å²) in [5, 5.41) is 0. The molecular formula is C16H26O8S. The van der Waals surface area contributed by atoms with Crippen LogP contribution >= 0.6 is 0 Å². The van der Waals surface area contributed by atoms with E-state index in [2.05, 4.69) is 4.74 Å². The average molecular weight is 378 g/mol. The third kappa shape index (κ3) is 8.08. The van der Waals surface area contributed by atoms with Gasteiger partial charge in [0.25, 0.3) is 10.1 Å². The zero-order chi connectivity index (χ0) is 18.9. The van der Waals surface area contributed by atoms with Crippen LogP contribution in [0.15, 0.2) is 12.2 Å². The number of allylic oxidation sites excluding steroid dienone is 2. The fourth-order valence-electron chi connectivity index (χ4n) is 2.65. The van der Waals surface area contributed by atoms with Crippen molar-refractivity contribution in [1.82, 2.24) is 0 Å². The lowest BCUT2D eigenvalue weighted by Gasteiger charge is -2.38. The molecule has 1 aliphatic rings. The highest BCUT2D eigenvalue weighted by Crippen LogP contribution is 2.31. The molecule has 1 fully saturated rings. The van der Waals surface area contributed by atoms with Crippen LogP contribution in [-0.4, -0.2) is 59.6 Å². The Labute approximate surface area is 148 Å². The van der Waals surface area contributed by atoms with E-state index in [1.54, 1.807) is 0 Å². The number of hydrogen-bond donors (Lipinski definition) is 0. The number of hydrogen-bond acceptors (Lipinski definition) is 8. The summed E-state index contributed by atoms with van der Waals surface area (Å²) in [6.07, 6.45) is 5.41. The summed E-state index contributed by atoms with van der Waals surface area (Å²) in [4.78, 5) is 22.3. The van der Waals surface area contributed by atoms with Crippen LogP contribution in [-0.2, 0) is 38.1 Å². The van der Waals surface area contributed by atoms with Gasteiger partial charge in [-0.05, 0) is 19.3 Å². The van der Waals surface area contributed by atoms with Gasteiger partial charge < -0.3 is 19.0 Å². The maximum Gasteiger partial charge on any atom is 0.305 e. The van der Waals surface area contributed by atoms with Crippen LogP contribution < -0.4 is 0 Å². The van der Waals surface area contributed by atoms with E-state index < -0.39 is 34.5 Å². The minimum Gasteiger partial charge on any atom is -0.469 e. The molecule has 0 unspecified atom stereocenters. The van der Waals surface area contributed by atoms with Crippen molar-refractivity contribution < 1.29 is 36.4 Å². The highest BCUT2D eigenvalue weighted by atomic mass is 32.2. The minimum absolute atomic E-state index is 0.217. The molecular weight excluding hydrogens is 352 g/mol. The maximum atomic E-state index is 11.5. The summed E-state index contributed by atoms with van der Waals surface area (Å²) in [6.45, 7) is 0. The van der Waals surface area contributed by atoms with Crippen molar-refractivity contribution in [3.8, 4) is 0 Å². The predicted octanol–water partition coefficient (Wildman–Crippen LogP) is 1.20. The van der Waals surface area contributed by atoms with Crippen molar-refractivity contribution >= 4 is 22.4 Å². The molecule has 1 rings (SSSR count). The standard InChI is InChI=1S/C16H26O8S/c1-21-15(18)9-7-5-4-6-8-12-13(24-25(3,19)20)10-16(22-2)23-14(12)11-17/h4,6,11-14,16H,5,7-10H2,1-3H3/b6-4-/t12-,13+,14+,16-/m0/s1. The Morgan fingerprint density at radius 3 is 2.56 bits per heavy atom. The largest absolute Gasteiger partial charge is 0.469 e. The number of unbranched alkanes of at least 4 members (excludes halogenated alkanes) is 1. The first-order valence-corrected chi connectivity index (χ1v) is 9.86. The van der Waals surface area contributed by atoms with Crippen molar-refractivity contribution in [1.29, 1.82) is 0 Å². The molecule has 0 aromatic carbocycles. The first-order chi connectivity index (χ1) is 11.8. The molecule has 0 aliphatic carbocycles. The molecule has 4 atom stereocenters. The normalized spacial score (nSPS) is 27.3. The third-order valence-corrected chi connectivity index (χ3v) is 4.48. The van der Waals surface area contributed by atoms with Gasteiger partial charge in [0.15, 0.2) is 6.29 Å². The number of aldehydes is 1. The van der Waals surface area contributed by atoms with E-state index in [0.29, 0.717) is 32.0 Å². The molecule has 9 heteroatoms. The summed E-state index contributed by atoms with van der Waals surface area (Å²) in [7, 11) is -0.909. The van der Waals surface area contributed by atoms with Crippen molar-refractivity contribution in [3.05, 3.63) is 12.2 Å². The van der Waals surface area contributed by atoms with Crippen LogP contribution in [0.25, 0.3) is 0 Å². The lowest BCUT2D eigenvalue weighted by Crippen LogP contribution is -2.47. The monoisotopic (exact) mass is 378 g/mol. The van der Waals surface area contributed by atoms with E-state index in [0.717, 1.165) is 6.26 Å². The van der Waals surface area contributed by atoms with Crippen LogP contribution in [0.1, 0.15) is 32.1 Å². The van der Waals surface area contributed by atoms with Gasteiger partial charge in [0.2, 0.25) is 0 Å². The molecule has 25 heavy (non-hydrogen) atoms. The second-order valence-corrected chi connectivity index (χ2v) is 7.42. The molecule has 0 amide bonds. The van der Waals surface area contributed by atoms with Crippen molar-refractivity contribution in [3.63, 3.8) is 0 Å². The Morgan fingerprint density at radius 1 is 1.28 bits per heavy atom. The molecule has 0 aromatic rings. The quantitative estimate of drug-likeness (QED) is 0.184. The Kier molecular flexibility index (Phi) is 9.26. The van der Waals surface area contributed by atoms with Crippen molar-refractivity contribution in [2.75, 3.05) is 20.5 Å². The number of esters is 1. The van der Waals surface area contributed by atoms with Gasteiger partial charge in [-0.25, -0.2) is 0 Å². The summed E-state index contributed by atoms with van der Waals surface area (Å²) in [5.74, 6) is -0.696. The van der Waals surface area contributed by atoms with Crippen molar-refractivity contribution in [2.24, 2.45) is 5.92 Å². The zero-order valence-electron chi connectivity index (χ0n) is 14.8. The fourth-order valence-corrected chi connectivity index (χ4v) is 3.32. The van der Waals surface area contributed by atoms with Gasteiger partial charge >= 0.3 is 5.97 Å². The van der Waals surface area contributed by atoms with Crippen LogP contribution in [0.3, 0.4) is 0 Å². The molecule has 0 radical (unpaired) electrons. The average Bonchev–Trinajstić information content (AvgIpc) is 2.56. The molecule has 1 saturated heterocycles. The van der Waals surface area contributed by atoms with Crippen LogP contribution in [0.2, 0.25) is 0 Å². The smallest absolute Gasteiger partial charge is 0.305 e. The Hall–Kier alpha value is -1.29. The number of ether oxygens (including phenoxy) is 3. The van der Waals surface area contributed by atoms with Crippen molar-refractivity contribution in [2.45, 2.75) is 50.6 Å². The molecule has 1 aliphatic heterocycles. The van der Waals surface area contributed by atoms with Gasteiger partial charge in [-0.2, -0.15) is 8.42 Å². The van der Waals surface area contributed by atoms with Crippen LogP contribution in [0.5, 0.6) is 0 Å². The summed E-state index contributed by atoms with van der Waals surface area (Å²) in [6, 6.07) is 0. The predicted molar refractivity (Wildman–Crippen MR) is 89.2 cm³/mol. The second kappa shape index (κ2) is 10.6. The molecule has 8 nitrogen and oxygen atoms in total. The van der Waals surface area contributed by atoms with Gasteiger partial charge in [-0.1, -0.05) is 12.2 Å². The first-order valence-electron chi connectivity index (χ1n) is 8.04. The summed E-state index contributed by atoms with van der Waals surface area (Å²) in [5.41, 5.74) is 0. The molecule has 0 N–H and O–H groups in total. The molecule has 144 valence electrons. The minimum atomic E-state index is -3.67. The lowest BCUT2D eigenvalue weighted by atomic mass is 9.88. The first kappa shape index (κ1) is 21.8. The third-order valence-electron chi connectivity index (χ3n) is 3.88. The lowest BCUT2D eigenvalue weighted by molar-refractivity contribution is -0.214. The summed E-state index contributed by atoms with van der Waals surface area (Å²) >= 11 is 0. The van der Waals surface area contributed by atoms with Gasteiger partial charge in [-0.3, -0.25) is 8.98 Å². The van der Waals surface area contributed by atoms with E-state index in [4.69, 9.17) is 13.7 Å². The van der Waals surface area contributed by atoms with E-state index in [1.807, 2.05) is 12.2 Å². The second-order valence-electron chi connectivity index (χ2n) is 5.82. The van der Waals surface area contributed by atoms with Crippen LogP contribution in [0.4, 0.5) is 0 Å². The number of methoxy groups -OCH3 is 2. The topological polar surface area (TPSA) is 105 Å². The van der Waals surface area contributed by atoms with E-state index in [9.17, 15) is 18.0 Å². The SMILES string of the molecule is COC(=O)CCC/C=C\C[C@@H]1[C@@H](C=O)O[C@H](OC)C[C@H]1OS(C)(=O)=O. The molecule has 0 bridgehead atoms. The van der Waals surface area contributed by atoms with Gasteiger partial charge in [0, 0.05) is 25.9 Å². The van der Waals surface area contributed by atoms with E-state index in [1.165, 1.54) is 14.2 Å². The molecule has 0 spiro atoms. The fraction of sp³-hybridized carbons (Fsp3) is 0.750. The highest BCUT2D eigenvalue weighted by Gasteiger charge is 2.40. The summed E-state index contributed by atoms with van der Waals surface area (Å²) < 4.78 is 43.3. The maximum absolute atomic E-state index is 11.5. The molecule has 0 aromatic heterocycles. The zero-order valence-corrected chi connectivity index (χ0v) is 15.6. The van der Waals surface area contributed by atoms with Gasteiger partial charge in [0.1, 0.15) is 12.4 Å². The number of carbonyl (C=O) groups excluding carboxylic acids is 2. The molecule has 1 heterocycles. The van der Waals surface area contributed by atoms with Gasteiger partial charge in [-0.15, -0.1) is 0 Å². The van der Waals surface area contributed by atoms with E-state index in [-0.39, 0.29) is 12.4 Å². The molecule has 0 saturated carbocycles. The Morgan fingerprint density at radius 2 is 2.00 bits per heavy atom. The highest BCUT2D eigenvalue weighted by molar-refractivity contribution is 7.86. The number of carbonyl (C=O) groups is 2. The van der Waals surface area contributed by atoms with Gasteiger partial charge in [0.05, 0.1) is 19.5 Å². The number of rotatable bonds is 10. The van der Waals surface area contributed by atoms with Crippen LogP contribution in [0, 0.1) is 5.92 Å². The Balaban J connectivity index is 2.66. The van der Waals surface area contributed by atoms with E-state index >= 15 is 0 Å².